The zero-order valence-corrected chi connectivity index (χ0v) is 15.1. The SMILES string of the molecule is COC(=O)c1ccc(S(=O)(=O)NC(C)c2ccc(C#N)cc2)c(Cl)c1. The molecule has 1 atom stereocenters. The monoisotopic (exact) mass is 378 g/mol. The van der Waals surface area contributed by atoms with Crippen LogP contribution in [-0.2, 0) is 14.8 Å². The van der Waals surface area contributed by atoms with Crippen molar-refractivity contribution < 1.29 is 17.9 Å². The average molecular weight is 379 g/mol. The minimum Gasteiger partial charge on any atom is -0.465 e. The summed E-state index contributed by atoms with van der Waals surface area (Å²) in [5, 5.41) is 8.72. The van der Waals surface area contributed by atoms with E-state index in [0.29, 0.717) is 11.1 Å². The molecule has 0 aliphatic rings. The van der Waals surface area contributed by atoms with E-state index in [0.717, 1.165) is 0 Å². The van der Waals surface area contributed by atoms with Gasteiger partial charge in [0.25, 0.3) is 0 Å². The Balaban J connectivity index is 2.26. The Hall–Kier alpha value is -2.40. The van der Waals surface area contributed by atoms with Gasteiger partial charge in [-0.3, -0.25) is 0 Å². The lowest BCUT2D eigenvalue weighted by atomic mass is 10.1. The molecule has 8 heteroatoms. The summed E-state index contributed by atoms with van der Waals surface area (Å²) >= 11 is 6.02. The summed E-state index contributed by atoms with van der Waals surface area (Å²) in [6, 6.07) is 11.9. The minimum atomic E-state index is -3.90. The van der Waals surface area contributed by atoms with Crippen LogP contribution in [0.4, 0.5) is 0 Å². The van der Waals surface area contributed by atoms with Crippen LogP contribution < -0.4 is 4.72 Å². The number of ether oxygens (including phenoxy) is 1. The van der Waals surface area contributed by atoms with Crippen molar-refractivity contribution in [2.45, 2.75) is 17.9 Å². The lowest BCUT2D eigenvalue weighted by molar-refractivity contribution is 0.0600. The molecule has 1 unspecified atom stereocenters. The molecule has 0 fully saturated rings. The van der Waals surface area contributed by atoms with Crippen molar-refractivity contribution in [2.75, 3.05) is 7.11 Å². The quantitative estimate of drug-likeness (QED) is 0.806. The van der Waals surface area contributed by atoms with Gasteiger partial charge in [-0.25, -0.2) is 17.9 Å². The number of sulfonamides is 1. The maximum atomic E-state index is 12.5. The first-order chi connectivity index (χ1) is 11.8. The van der Waals surface area contributed by atoms with Gasteiger partial charge in [0.05, 0.1) is 29.3 Å². The first-order valence-electron chi connectivity index (χ1n) is 7.18. The number of nitrogens with one attached hydrogen (secondary N) is 1. The lowest BCUT2D eigenvalue weighted by Gasteiger charge is -2.15. The number of esters is 1. The maximum absolute atomic E-state index is 12.5. The molecule has 0 aliphatic carbocycles. The number of rotatable bonds is 5. The number of nitrogens with zero attached hydrogens (tertiary/aromatic N) is 1. The van der Waals surface area contributed by atoms with Crippen molar-refractivity contribution in [1.82, 2.24) is 4.72 Å². The molecule has 25 heavy (non-hydrogen) atoms. The second-order valence-corrected chi connectivity index (χ2v) is 7.30. The Morgan fingerprint density at radius 3 is 2.40 bits per heavy atom. The number of methoxy groups -OCH3 is 1. The Kier molecular flexibility index (Phi) is 5.80. The standard InChI is InChI=1S/C17H15ClN2O4S/c1-11(13-5-3-12(10-19)4-6-13)20-25(22,23)16-8-7-14(9-15(16)18)17(21)24-2/h3-9,11,20H,1-2H3. The zero-order chi connectivity index (χ0) is 18.6. The Labute approximate surface area is 151 Å². The molecule has 6 nitrogen and oxygen atoms in total. The molecular weight excluding hydrogens is 364 g/mol. The van der Waals surface area contributed by atoms with E-state index in [4.69, 9.17) is 16.9 Å². The van der Waals surface area contributed by atoms with Gasteiger partial charge in [-0.15, -0.1) is 0 Å². The number of nitriles is 1. The summed E-state index contributed by atoms with van der Waals surface area (Å²) in [6.45, 7) is 1.68. The molecule has 0 saturated carbocycles. The van der Waals surface area contributed by atoms with Crippen LogP contribution >= 0.6 is 11.6 Å². The fourth-order valence-electron chi connectivity index (χ4n) is 2.17. The van der Waals surface area contributed by atoms with Gasteiger partial charge in [0.15, 0.2) is 0 Å². The van der Waals surface area contributed by atoms with E-state index in [1.54, 1.807) is 31.2 Å². The Morgan fingerprint density at radius 2 is 1.88 bits per heavy atom. The van der Waals surface area contributed by atoms with Crippen LogP contribution in [-0.4, -0.2) is 21.5 Å². The zero-order valence-electron chi connectivity index (χ0n) is 13.5. The van der Waals surface area contributed by atoms with Gasteiger partial charge in [0.2, 0.25) is 10.0 Å². The van der Waals surface area contributed by atoms with Crippen LogP contribution in [0.5, 0.6) is 0 Å². The van der Waals surface area contributed by atoms with E-state index in [9.17, 15) is 13.2 Å². The van der Waals surface area contributed by atoms with Crippen LogP contribution in [0.25, 0.3) is 0 Å². The number of carbonyl (C=O) groups excluding carboxylic acids is 1. The van der Waals surface area contributed by atoms with Crippen LogP contribution in [0.15, 0.2) is 47.4 Å². The smallest absolute Gasteiger partial charge is 0.337 e. The average Bonchev–Trinajstić information content (AvgIpc) is 2.60. The van der Waals surface area contributed by atoms with Crippen LogP contribution in [0.3, 0.4) is 0 Å². The fraction of sp³-hybridized carbons (Fsp3) is 0.176. The molecule has 0 radical (unpaired) electrons. The highest BCUT2D eigenvalue weighted by Gasteiger charge is 2.22. The van der Waals surface area contributed by atoms with E-state index in [1.807, 2.05) is 6.07 Å². The van der Waals surface area contributed by atoms with E-state index < -0.39 is 22.0 Å². The number of hydrogen-bond donors (Lipinski definition) is 1. The second-order valence-electron chi connectivity index (χ2n) is 5.21. The molecule has 2 rings (SSSR count). The first-order valence-corrected chi connectivity index (χ1v) is 9.05. The Bertz CT molecular complexity index is 934. The number of carbonyl (C=O) groups is 1. The minimum absolute atomic E-state index is 0.0811. The molecule has 130 valence electrons. The molecule has 0 amide bonds. The molecule has 0 spiro atoms. The molecule has 0 saturated heterocycles. The highest BCUT2D eigenvalue weighted by molar-refractivity contribution is 7.89. The number of benzene rings is 2. The van der Waals surface area contributed by atoms with E-state index in [1.165, 1.54) is 25.3 Å². The van der Waals surface area contributed by atoms with Crippen LogP contribution in [0.1, 0.15) is 34.5 Å². The fourth-order valence-corrected chi connectivity index (χ4v) is 3.95. The van der Waals surface area contributed by atoms with Gasteiger partial charge >= 0.3 is 5.97 Å². The van der Waals surface area contributed by atoms with E-state index in [-0.39, 0.29) is 15.5 Å². The summed E-state index contributed by atoms with van der Waals surface area (Å²) in [6.07, 6.45) is 0. The van der Waals surface area contributed by atoms with Crippen molar-refractivity contribution in [2.24, 2.45) is 0 Å². The molecular formula is C17H15ClN2O4S. The third-order valence-electron chi connectivity index (χ3n) is 3.51. The summed E-state index contributed by atoms with van der Waals surface area (Å²) in [4.78, 5) is 11.3. The molecule has 2 aromatic carbocycles. The highest BCUT2D eigenvalue weighted by Crippen LogP contribution is 2.25. The molecule has 0 bridgehead atoms. The predicted octanol–water partition coefficient (Wildman–Crippen LogP) is 3.04. The van der Waals surface area contributed by atoms with Crippen LogP contribution in [0.2, 0.25) is 5.02 Å². The van der Waals surface area contributed by atoms with Gasteiger partial charge in [0.1, 0.15) is 4.90 Å². The largest absolute Gasteiger partial charge is 0.465 e. The van der Waals surface area contributed by atoms with Gasteiger partial charge in [-0.2, -0.15) is 5.26 Å². The summed E-state index contributed by atoms with van der Waals surface area (Å²) in [7, 11) is -2.68. The summed E-state index contributed by atoms with van der Waals surface area (Å²) < 4.78 is 32.2. The molecule has 0 heterocycles. The Morgan fingerprint density at radius 1 is 1.24 bits per heavy atom. The van der Waals surface area contributed by atoms with Crippen molar-refractivity contribution >= 4 is 27.6 Å². The lowest BCUT2D eigenvalue weighted by Crippen LogP contribution is -2.27. The van der Waals surface area contributed by atoms with E-state index in [2.05, 4.69) is 9.46 Å². The third kappa shape index (κ3) is 4.37. The van der Waals surface area contributed by atoms with E-state index >= 15 is 0 Å². The highest BCUT2D eigenvalue weighted by atomic mass is 35.5. The molecule has 0 aliphatic heterocycles. The van der Waals surface area contributed by atoms with Gasteiger partial charge in [0, 0.05) is 6.04 Å². The predicted molar refractivity (Wildman–Crippen MR) is 92.7 cm³/mol. The third-order valence-corrected chi connectivity index (χ3v) is 5.54. The van der Waals surface area contributed by atoms with Crippen molar-refractivity contribution in [3.8, 4) is 6.07 Å². The topological polar surface area (TPSA) is 96.3 Å². The molecule has 2 aromatic rings. The van der Waals surface area contributed by atoms with Crippen molar-refractivity contribution in [1.29, 1.82) is 5.26 Å². The second kappa shape index (κ2) is 7.66. The number of hydrogen-bond acceptors (Lipinski definition) is 5. The van der Waals surface area contributed by atoms with Gasteiger partial charge in [-0.1, -0.05) is 23.7 Å². The van der Waals surface area contributed by atoms with Crippen molar-refractivity contribution in [3.63, 3.8) is 0 Å². The normalized spacial score (nSPS) is 12.2. The van der Waals surface area contributed by atoms with Gasteiger partial charge < -0.3 is 4.74 Å². The van der Waals surface area contributed by atoms with Crippen molar-refractivity contribution in [3.05, 3.63) is 64.2 Å². The van der Waals surface area contributed by atoms with Gasteiger partial charge in [-0.05, 0) is 42.8 Å². The summed E-state index contributed by atoms with van der Waals surface area (Å²) in [5.41, 5.74) is 1.34. The van der Waals surface area contributed by atoms with Crippen LogP contribution in [0, 0.1) is 11.3 Å². The maximum Gasteiger partial charge on any atom is 0.337 e. The molecule has 1 N–H and O–H groups in total. The first kappa shape index (κ1) is 18.9. The summed E-state index contributed by atoms with van der Waals surface area (Å²) in [5.74, 6) is -0.607. The molecule has 0 aromatic heterocycles. The number of halogens is 1.